The first-order valence-corrected chi connectivity index (χ1v) is 9.39. The highest BCUT2D eigenvalue weighted by molar-refractivity contribution is 5.67. The molecule has 1 aromatic rings. The quantitative estimate of drug-likeness (QED) is 0.783. The Balaban J connectivity index is 1.89. The minimum atomic E-state index is -0.487. The lowest BCUT2D eigenvalue weighted by molar-refractivity contribution is 0.0515. The van der Waals surface area contributed by atoms with Gasteiger partial charge in [0, 0.05) is 19.0 Å². The molecular weight excluding hydrogens is 320 g/mol. The third kappa shape index (κ3) is 7.02. The molecule has 2 rings (SSSR count). The number of amides is 1. The predicted octanol–water partition coefficient (Wildman–Crippen LogP) is 3.20. The summed E-state index contributed by atoms with van der Waals surface area (Å²) in [5.74, 6) is 1.86. The molecule has 1 heterocycles. The Morgan fingerprint density at radius 3 is 2.64 bits per heavy atom. The molecule has 1 aromatic heterocycles. The van der Waals surface area contributed by atoms with Gasteiger partial charge in [-0.05, 0) is 39.5 Å². The summed E-state index contributed by atoms with van der Waals surface area (Å²) < 4.78 is 10.5. The van der Waals surface area contributed by atoms with Crippen molar-refractivity contribution >= 4 is 6.09 Å². The summed E-state index contributed by atoms with van der Waals surface area (Å²) in [5, 5.41) is 10.4. The van der Waals surface area contributed by atoms with E-state index in [9.17, 15) is 4.79 Å². The maximum atomic E-state index is 12.0. The maximum Gasteiger partial charge on any atom is 0.407 e. The van der Waals surface area contributed by atoms with Crippen LogP contribution in [0.5, 0.6) is 0 Å². The van der Waals surface area contributed by atoms with E-state index in [1.807, 2.05) is 27.7 Å². The van der Waals surface area contributed by atoms with Crippen LogP contribution >= 0.6 is 0 Å². The molecule has 1 saturated carbocycles. The molecule has 7 nitrogen and oxygen atoms in total. The number of alkyl carbamates (subject to hydrolysis) is 1. The van der Waals surface area contributed by atoms with Gasteiger partial charge >= 0.3 is 6.09 Å². The Labute approximate surface area is 150 Å². The van der Waals surface area contributed by atoms with Gasteiger partial charge in [0.05, 0.1) is 6.54 Å². The van der Waals surface area contributed by atoms with Gasteiger partial charge in [0.2, 0.25) is 5.89 Å². The zero-order valence-corrected chi connectivity index (χ0v) is 15.9. The van der Waals surface area contributed by atoms with Gasteiger partial charge in [-0.2, -0.15) is 4.98 Å². The van der Waals surface area contributed by atoms with Crippen molar-refractivity contribution in [1.82, 2.24) is 20.8 Å². The van der Waals surface area contributed by atoms with Crippen LogP contribution in [0, 0.1) is 5.92 Å². The van der Waals surface area contributed by atoms with E-state index in [0.717, 1.165) is 6.42 Å². The number of ether oxygens (including phenoxy) is 1. The fourth-order valence-electron chi connectivity index (χ4n) is 3.18. The number of aromatic nitrogens is 2. The zero-order valence-electron chi connectivity index (χ0n) is 15.9. The van der Waals surface area contributed by atoms with Gasteiger partial charge in [-0.3, -0.25) is 0 Å². The average Bonchev–Trinajstić information content (AvgIpc) is 3.02. The fourth-order valence-corrected chi connectivity index (χ4v) is 3.18. The van der Waals surface area contributed by atoms with Crippen LogP contribution in [0.1, 0.15) is 71.5 Å². The van der Waals surface area contributed by atoms with Crippen molar-refractivity contribution in [2.45, 2.75) is 84.4 Å². The van der Waals surface area contributed by atoms with E-state index in [1.54, 1.807) is 0 Å². The number of nitrogens with one attached hydrogen (secondary N) is 2. The fraction of sp³-hybridized carbons (Fsp3) is 0.833. The standard InChI is InChI=1S/C18H32N4O3/c1-5-16-21-15(22-25-16)12-19-14(13-9-7-6-8-10-13)11-20-17(23)24-18(2,3)4/h13-14,19H,5-12H2,1-4H3,(H,20,23). The number of rotatable bonds is 7. The lowest BCUT2D eigenvalue weighted by atomic mass is 9.84. The Morgan fingerprint density at radius 2 is 2.04 bits per heavy atom. The molecule has 0 bridgehead atoms. The summed E-state index contributed by atoms with van der Waals surface area (Å²) in [6, 6.07) is 0.177. The van der Waals surface area contributed by atoms with Crippen molar-refractivity contribution in [2.24, 2.45) is 5.92 Å². The van der Waals surface area contributed by atoms with Crippen LogP contribution in [-0.2, 0) is 17.7 Å². The summed E-state index contributed by atoms with van der Waals surface area (Å²) in [4.78, 5) is 16.3. The molecule has 0 aliphatic heterocycles. The first-order valence-electron chi connectivity index (χ1n) is 9.39. The van der Waals surface area contributed by atoms with Crippen LogP contribution in [0.3, 0.4) is 0 Å². The number of hydrogen-bond acceptors (Lipinski definition) is 6. The molecule has 1 amide bonds. The summed E-state index contributed by atoms with van der Waals surface area (Å²) in [6.45, 7) is 8.67. The minimum absolute atomic E-state index is 0.177. The molecule has 1 aliphatic carbocycles. The topological polar surface area (TPSA) is 89.3 Å². The van der Waals surface area contributed by atoms with Gasteiger partial charge in [-0.1, -0.05) is 31.3 Å². The van der Waals surface area contributed by atoms with Gasteiger partial charge in [-0.25, -0.2) is 4.79 Å². The van der Waals surface area contributed by atoms with E-state index >= 15 is 0 Å². The molecule has 0 aromatic carbocycles. The van der Waals surface area contributed by atoms with Crippen LogP contribution in [0.2, 0.25) is 0 Å². The molecule has 2 N–H and O–H groups in total. The van der Waals surface area contributed by atoms with Gasteiger partial charge in [0.25, 0.3) is 0 Å². The molecular formula is C18H32N4O3. The van der Waals surface area contributed by atoms with Crippen molar-refractivity contribution < 1.29 is 14.1 Å². The second-order valence-corrected chi connectivity index (χ2v) is 7.73. The van der Waals surface area contributed by atoms with Crippen LogP contribution in [-0.4, -0.2) is 34.4 Å². The van der Waals surface area contributed by atoms with Crippen molar-refractivity contribution in [2.75, 3.05) is 6.54 Å². The predicted molar refractivity (Wildman–Crippen MR) is 95.1 cm³/mol. The third-order valence-electron chi connectivity index (χ3n) is 4.42. The number of carbonyl (C=O) groups is 1. The molecule has 7 heteroatoms. The van der Waals surface area contributed by atoms with E-state index in [1.165, 1.54) is 32.1 Å². The van der Waals surface area contributed by atoms with Crippen LogP contribution in [0.25, 0.3) is 0 Å². The monoisotopic (exact) mass is 352 g/mol. The summed E-state index contributed by atoms with van der Waals surface area (Å²) in [5.41, 5.74) is -0.487. The molecule has 1 aliphatic rings. The van der Waals surface area contributed by atoms with E-state index in [2.05, 4.69) is 20.8 Å². The molecule has 0 saturated heterocycles. The number of hydrogen-bond donors (Lipinski definition) is 2. The van der Waals surface area contributed by atoms with E-state index in [4.69, 9.17) is 9.26 Å². The molecule has 142 valence electrons. The molecule has 1 atom stereocenters. The van der Waals surface area contributed by atoms with Gasteiger partial charge in [-0.15, -0.1) is 0 Å². The number of carbonyl (C=O) groups excluding carboxylic acids is 1. The second-order valence-electron chi connectivity index (χ2n) is 7.73. The molecule has 25 heavy (non-hydrogen) atoms. The lowest BCUT2D eigenvalue weighted by Gasteiger charge is -2.31. The molecule has 1 unspecified atom stereocenters. The van der Waals surface area contributed by atoms with Crippen LogP contribution < -0.4 is 10.6 Å². The Kier molecular flexibility index (Phi) is 7.23. The molecule has 1 fully saturated rings. The van der Waals surface area contributed by atoms with E-state index < -0.39 is 5.60 Å². The summed E-state index contributed by atoms with van der Waals surface area (Å²) in [7, 11) is 0. The maximum absolute atomic E-state index is 12.0. The van der Waals surface area contributed by atoms with Crippen molar-refractivity contribution in [3.63, 3.8) is 0 Å². The van der Waals surface area contributed by atoms with Gasteiger partial charge < -0.3 is 19.9 Å². The summed E-state index contributed by atoms with van der Waals surface area (Å²) in [6.07, 6.45) is 6.52. The van der Waals surface area contributed by atoms with Crippen LogP contribution in [0.15, 0.2) is 4.52 Å². The minimum Gasteiger partial charge on any atom is -0.444 e. The highest BCUT2D eigenvalue weighted by Gasteiger charge is 2.25. The Bertz CT molecular complexity index is 533. The van der Waals surface area contributed by atoms with E-state index in [-0.39, 0.29) is 12.1 Å². The van der Waals surface area contributed by atoms with Crippen molar-refractivity contribution in [1.29, 1.82) is 0 Å². The second kappa shape index (κ2) is 9.17. The molecule has 0 radical (unpaired) electrons. The van der Waals surface area contributed by atoms with Crippen molar-refractivity contribution in [3.05, 3.63) is 11.7 Å². The Hall–Kier alpha value is -1.63. The van der Waals surface area contributed by atoms with Gasteiger partial charge in [0.1, 0.15) is 5.60 Å². The average molecular weight is 352 g/mol. The number of nitrogens with zero attached hydrogens (tertiary/aromatic N) is 2. The SMILES string of the molecule is CCc1nc(CNC(CNC(=O)OC(C)(C)C)C2CCCCC2)no1. The van der Waals surface area contributed by atoms with Crippen molar-refractivity contribution in [3.8, 4) is 0 Å². The zero-order chi connectivity index (χ0) is 18.3. The first-order chi connectivity index (χ1) is 11.9. The van der Waals surface area contributed by atoms with E-state index in [0.29, 0.717) is 30.7 Å². The largest absolute Gasteiger partial charge is 0.444 e. The first kappa shape index (κ1) is 19.7. The van der Waals surface area contributed by atoms with Gasteiger partial charge in [0.15, 0.2) is 5.82 Å². The number of aryl methyl sites for hydroxylation is 1. The highest BCUT2D eigenvalue weighted by Crippen LogP contribution is 2.26. The third-order valence-corrected chi connectivity index (χ3v) is 4.42. The van der Waals surface area contributed by atoms with Crippen LogP contribution in [0.4, 0.5) is 4.79 Å². The normalized spacial score (nSPS) is 17.3. The lowest BCUT2D eigenvalue weighted by Crippen LogP contribution is -2.47. The summed E-state index contributed by atoms with van der Waals surface area (Å²) >= 11 is 0. The smallest absolute Gasteiger partial charge is 0.407 e. The molecule has 0 spiro atoms. The Morgan fingerprint density at radius 1 is 1.32 bits per heavy atom. The highest BCUT2D eigenvalue weighted by atomic mass is 16.6.